The van der Waals surface area contributed by atoms with Crippen LogP contribution < -0.4 is 0 Å². The van der Waals surface area contributed by atoms with Crippen LogP contribution in [0.3, 0.4) is 0 Å². The number of carbonyl (C=O) groups excluding carboxylic acids is 1. The summed E-state index contributed by atoms with van der Waals surface area (Å²) < 4.78 is 1.95. The highest BCUT2D eigenvalue weighted by molar-refractivity contribution is 7.99. The minimum atomic E-state index is 0.169. The molecule has 0 spiro atoms. The second-order valence-corrected chi connectivity index (χ2v) is 8.94. The largest absolute Gasteiger partial charge is 0.339 e. The zero-order valence-electron chi connectivity index (χ0n) is 18.2. The van der Waals surface area contributed by atoms with Crippen molar-refractivity contribution in [2.75, 3.05) is 38.5 Å². The number of rotatable bonds is 7. The van der Waals surface area contributed by atoms with E-state index in [2.05, 4.69) is 77.5 Å². The van der Waals surface area contributed by atoms with Gasteiger partial charge < -0.3 is 4.90 Å². The summed E-state index contributed by atoms with van der Waals surface area (Å²) in [5, 5.41) is 9.03. The maximum Gasteiger partial charge on any atom is 0.233 e. The number of thioether (sulfide) groups is 1. The smallest absolute Gasteiger partial charge is 0.233 e. The number of carbonyl (C=O) groups is 1. The molecule has 1 aromatic heterocycles. The van der Waals surface area contributed by atoms with Crippen molar-refractivity contribution in [1.29, 1.82) is 0 Å². The minimum absolute atomic E-state index is 0.169. The third-order valence-corrected chi connectivity index (χ3v) is 6.82. The van der Waals surface area contributed by atoms with Crippen LogP contribution in [0.2, 0.25) is 0 Å². The summed E-state index contributed by atoms with van der Waals surface area (Å²) >= 11 is 1.45. The molecule has 4 rings (SSSR count). The van der Waals surface area contributed by atoms with E-state index < -0.39 is 0 Å². The lowest BCUT2D eigenvalue weighted by Crippen LogP contribution is -2.49. The van der Waals surface area contributed by atoms with Gasteiger partial charge in [0.25, 0.3) is 0 Å². The number of aryl methyl sites for hydroxylation is 2. The van der Waals surface area contributed by atoms with E-state index in [1.807, 2.05) is 9.47 Å². The van der Waals surface area contributed by atoms with Gasteiger partial charge in [0.2, 0.25) is 5.91 Å². The van der Waals surface area contributed by atoms with Gasteiger partial charge in [-0.15, -0.1) is 10.2 Å². The maximum atomic E-state index is 12.8. The zero-order chi connectivity index (χ0) is 21.6. The van der Waals surface area contributed by atoms with Gasteiger partial charge in [0.1, 0.15) is 6.33 Å². The number of aromatic nitrogens is 3. The van der Waals surface area contributed by atoms with Crippen LogP contribution in [0.25, 0.3) is 5.69 Å². The summed E-state index contributed by atoms with van der Waals surface area (Å²) in [5.74, 6) is 0.551. The van der Waals surface area contributed by atoms with E-state index in [1.54, 1.807) is 6.33 Å². The molecule has 31 heavy (non-hydrogen) atoms. The Morgan fingerprint density at radius 2 is 1.77 bits per heavy atom. The molecule has 1 fully saturated rings. The molecule has 2 heterocycles. The molecular weight excluding hydrogens is 406 g/mol. The average Bonchev–Trinajstić information content (AvgIpc) is 3.27. The number of nitrogens with zero attached hydrogens (tertiary/aromatic N) is 5. The van der Waals surface area contributed by atoms with Crippen LogP contribution in [0.1, 0.15) is 16.7 Å². The van der Waals surface area contributed by atoms with E-state index in [1.165, 1.54) is 28.5 Å². The predicted molar refractivity (Wildman–Crippen MR) is 125 cm³/mol. The fraction of sp³-hybridized carbons (Fsp3) is 0.375. The molecule has 0 bridgehead atoms. The molecule has 3 aromatic rings. The minimum Gasteiger partial charge on any atom is -0.339 e. The fourth-order valence-electron chi connectivity index (χ4n) is 3.75. The Bertz CT molecular complexity index is 1010. The molecule has 2 aromatic carbocycles. The molecule has 1 aliphatic rings. The summed E-state index contributed by atoms with van der Waals surface area (Å²) in [4.78, 5) is 17.2. The maximum absolute atomic E-state index is 12.8. The van der Waals surface area contributed by atoms with Gasteiger partial charge >= 0.3 is 0 Å². The standard InChI is InChI=1S/C24H29N5OS/c1-19-8-9-22(16-20(19)2)29-18-25-26-24(29)31-17-23(30)28-14-12-27(13-15-28)11-10-21-6-4-3-5-7-21/h3-9,16,18H,10-15,17H2,1-2H3. The normalized spacial score (nSPS) is 14.7. The van der Waals surface area contributed by atoms with E-state index in [-0.39, 0.29) is 5.91 Å². The van der Waals surface area contributed by atoms with Crippen LogP contribution in [0.15, 0.2) is 60.0 Å². The first-order valence-corrected chi connectivity index (χ1v) is 11.7. The van der Waals surface area contributed by atoms with Crippen molar-refractivity contribution < 1.29 is 4.79 Å². The van der Waals surface area contributed by atoms with E-state index in [0.29, 0.717) is 5.75 Å². The highest BCUT2D eigenvalue weighted by Crippen LogP contribution is 2.22. The monoisotopic (exact) mass is 435 g/mol. The van der Waals surface area contributed by atoms with Gasteiger partial charge in [0.05, 0.1) is 5.75 Å². The van der Waals surface area contributed by atoms with Gasteiger partial charge in [-0.05, 0) is 49.1 Å². The van der Waals surface area contributed by atoms with Gasteiger partial charge in [0, 0.05) is 38.4 Å². The first-order chi connectivity index (χ1) is 15.1. The topological polar surface area (TPSA) is 54.3 Å². The van der Waals surface area contributed by atoms with Crippen molar-refractivity contribution in [2.24, 2.45) is 0 Å². The number of piperazine rings is 1. The van der Waals surface area contributed by atoms with Gasteiger partial charge in [-0.2, -0.15) is 0 Å². The van der Waals surface area contributed by atoms with E-state index >= 15 is 0 Å². The first kappa shape index (κ1) is 21.6. The van der Waals surface area contributed by atoms with Gasteiger partial charge in [-0.1, -0.05) is 48.2 Å². The van der Waals surface area contributed by atoms with Crippen molar-refractivity contribution in [2.45, 2.75) is 25.4 Å². The first-order valence-electron chi connectivity index (χ1n) is 10.7. The Morgan fingerprint density at radius 1 is 1.00 bits per heavy atom. The lowest BCUT2D eigenvalue weighted by molar-refractivity contribution is -0.130. The molecule has 0 radical (unpaired) electrons. The van der Waals surface area contributed by atoms with Gasteiger partial charge in [-0.25, -0.2) is 0 Å². The number of amides is 1. The highest BCUT2D eigenvalue weighted by atomic mass is 32.2. The van der Waals surface area contributed by atoms with Crippen molar-refractivity contribution in [1.82, 2.24) is 24.6 Å². The lowest BCUT2D eigenvalue weighted by atomic mass is 10.1. The Morgan fingerprint density at radius 3 is 2.52 bits per heavy atom. The number of hydrogen-bond donors (Lipinski definition) is 0. The van der Waals surface area contributed by atoms with Crippen LogP contribution in [-0.2, 0) is 11.2 Å². The van der Waals surface area contributed by atoms with Crippen LogP contribution in [0.4, 0.5) is 0 Å². The Kier molecular flexibility index (Phi) is 7.04. The zero-order valence-corrected chi connectivity index (χ0v) is 19.0. The van der Waals surface area contributed by atoms with Crippen molar-refractivity contribution in [3.05, 3.63) is 71.5 Å². The molecule has 6 nitrogen and oxygen atoms in total. The van der Waals surface area contributed by atoms with Crippen LogP contribution in [0, 0.1) is 13.8 Å². The molecule has 0 N–H and O–H groups in total. The molecule has 162 valence electrons. The van der Waals surface area contributed by atoms with E-state index in [0.717, 1.165) is 50.0 Å². The summed E-state index contributed by atoms with van der Waals surface area (Å²) in [5.41, 5.74) is 4.87. The Hall–Kier alpha value is -2.64. The van der Waals surface area contributed by atoms with Gasteiger partial charge in [-0.3, -0.25) is 14.3 Å². The molecule has 1 saturated heterocycles. The van der Waals surface area contributed by atoms with Crippen molar-refractivity contribution in [3.63, 3.8) is 0 Å². The van der Waals surface area contributed by atoms with Crippen molar-refractivity contribution in [3.8, 4) is 5.69 Å². The number of hydrogen-bond acceptors (Lipinski definition) is 5. The second-order valence-electron chi connectivity index (χ2n) is 8.00. The Balaban J connectivity index is 1.26. The molecule has 1 amide bonds. The van der Waals surface area contributed by atoms with Gasteiger partial charge in [0.15, 0.2) is 5.16 Å². The van der Waals surface area contributed by atoms with Crippen LogP contribution in [0.5, 0.6) is 0 Å². The molecule has 1 aliphatic heterocycles. The summed E-state index contributed by atoms with van der Waals surface area (Å²) in [6, 6.07) is 16.9. The van der Waals surface area contributed by atoms with E-state index in [9.17, 15) is 4.79 Å². The van der Waals surface area contributed by atoms with E-state index in [4.69, 9.17) is 0 Å². The lowest BCUT2D eigenvalue weighted by Gasteiger charge is -2.34. The third-order valence-electron chi connectivity index (χ3n) is 5.89. The average molecular weight is 436 g/mol. The van der Waals surface area contributed by atoms with Crippen LogP contribution >= 0.6 is 11.8 Å². The quantitative estimate of drug-likeness (QED) is 0.533. The Labute approximate surface area is 188 Å². The van der Waals surface area contributed by atoms with Crippen molar-refractivity contribution >= 4 is 17.7 Å². The molecule has 7 heteroatoms. The predicted octanol–water partition coefficient (Wildman–Crippen LogP) is 3.36. The fourth-order valence-corrected chi connectivity index (χ4v) is 4.58. The summed E-state index contributed by atoms with van der Waals surface area (Å²) in [6.45, 7) is 8.68. The molecular formula is C24H29N5OS. The molecule has 0 saturated carbocycles. The third kappa shape index (κ3) is 5.54. The van der Waals surface area contributed by atoms with Crippen LogP contribution in [-0.4, -0.2) is 68.9 Å². The molecule has 0 aliphatic carbocycles. The number of benzene rings is 2. The highest BCUT2D eigenvalue weighted by Gasteiger charge is 2.21. The molecule has 0 unspecified atom stereocenters. The second kappa shape index (κ2) is 10.1. The SMILES string of the molecule is Cc1ccc(-n2cnnc2SCC(=O)N2CCN(CCc3ccccc3)CC2)cc1C. The molecule has 0 atom stereocenters. The summed E-state index contributed by atoms with van der Waals surface area (Å²) in [6.07, 6.45) is 2.77. The summed E-state index contributed by atoms with van der Waals surface area (Å²) in [7, 11) is 0.